The molecule has 0 amide bonds. The molecule has 0 aromatic carbocycles. The summed E-state index contributed by atoms with van der Waals surface area (Å²) < 4.78 is 6.26. The van der Waals surface area contributed by atoms with Crippen LogP contribution in [0, 0.1) is 58.2 Å². The molecule has 36 heavy (non-hydrogen) atoms. The number of carbonyl (C=O) groups is 1. The molecule has 0 bridgehead atoms. The van der Waals surface area contributed by atoms with Gasteiger partial charge in [-0.05, 0) is 129 Å². The predicted molar refractivity (Wildman–Crippen MR) is 140 cm³/mol. The van der Waals surface area contributed by atoms with E-state index in [2.05, 4.69) is 27.7 Å². The molecule has 1 saturated heterocycles. The van der Waals surface area contributed by atoms with Crippen LogP contribution in [-0.2, 0) is 9.53 Å². The number of aliphatic hydroxyl groups is 2. The van der Waals surface area contributed by atoms with Crippen LogP contribution in [0.3, 0.4) is 0 Å². The third-order valence-corrected chi connectivity index (χ3v) is 12.8. The molecule has 5 rings (SSSR count). The van der Waals surface area contributed by atoms with Gasteiger partial charge in [0.15, 0.2) is 6.10 Å². The van der Waals surface area contributed by atoms with Gasteiger partial charge in [-0.3, -0.25) is 0 Å². The SMILES string of the molecule is CC[C@H]1[C@@H](O)[C@@H]2[C@H](CC[C@]3(C)[C@@H]([C@H](C)CC(O)C(=O)O)CC[C@@H]23)[C@@]2(C)CC[C@@H](C3CCCCO3)C[C@@H]12. The molecule has 5 fully saturated rings. The third-order valence-electron chi connectivity index (χ3n) is 12.8. The first-order valence-electron chi connectivity index (χ1n) is 15.3. The van der Waals surface area contributed by atoms with E-state index in [1.807, 2.05) is 0 Å². The van der Waals surface area contributed by atoms with Crippen LogP contribution >= 0.6 is 0 Å². The van der Waals surface area contributed by atoms with Gasteiger partial charge in [0.1, 0.15) is 0 Å². The zero-order valence-electron chi connectivity index (χ0n) is 23.2. The number of carboxylic acids is 1. The molecule has 3 N–H and O–H groups in total. The molecule has 5 nitrogen and oxygen atoms in total. The van der Waals surface area contributed by atoms with E-state index in [4.69, 9.17) is 4.74 Å². The minimum absolute atomic E-state index is 0.133. The van der Waals surface area contributed by atoms with Crippen molar-refractivity contribution in [2.75, 3.05) is 6.61 Å². The first-order chi connectivity index (χ1) is 17.1. The maximum atomic E-state index is 12.1. The number of rotatable bonds is 6. The van der Waals surface area contributed by atoms with E-state index in [1.165, 1.54) is 51.4 Å². The predicted octanol–water partition coefficient (Wildman–Crippen LogP) is 5.91. The highest BCUT2D eigenvalue weighted by atomic mass is 16.5. The zero-order valence-corrected chi connectivity index (χ0v) is 23.2. The van der Waals surface area contributed by atoms with Crippen molar-refractivity contribution in [3.05, 3.63) is 0 Å². The fourth-order valence-electron chi connectivity index (χ4n) is 11.1. The molecule has 0 spiro atoms. The lowest BCUT2D eigenvalue weighted by Crippen LogP contribution is -2.62. The quantitative estimate of drug-likeness (QED) is 0.419. The monoisotopic (exact) mass is 504 g/mol. The van der Waals surface area contributed by atoms with Gasteiger partial charge in [0.05, 0.1) is 12.2 Å². The minimum Gasteiger partial charge on any atom is -0.479 e. The average molecular weight is 505 g/mol. The second-order valence-corrected chi connectivity index (χ2v) is 14.2. The maximum Gasteiger partial charge on any atom is 0.332 e. The summed E-state index contributed by atoms with van der Waals surface area (Å²) in [5, 5.41) is 31.4. The molecule has 4 aliphatic carbocycles. The van der Waals surface area contributed by atoms with Crippen molar-refractivity contribution in [1.82, 2.24) is 0 Å². The molecule has 0 aromatic rings. The lowest BCUT2D eigenvalue weighted by molar-refractivity contribution is -0.205. The van der Waals surface area contributed by atoms with Gasteiger partial charge in [-0.25, -0.2) is 4.79 Å². The molecular weight excluding hydrogens is 452 g/mol. The summed E-state index contributed by atoms with van der Waals surface area (Å²) in [7, 11) is 0. The average Bonchev–Trinajstić information content (AvgIpc) is 3.22. The van der Waals surface area contributed by atoms with Crippen LogP contribution in [0.1, 0.15) is 105 Å². The van der Waals surface area contributed by atoms with Crippen LogP contribution in [0.25, 0.3) is 0 Å². The van der Waals surface area contributed by atoms with Crippen molar-refractivity contribution >= 4 is 5.97 Å². The summed E-state index contributed by atoms with van der Waals surface area (Å²) >= 11 is 0. The van der Waals surface area contributed by atoms with Crippen molar-refractivity contribution in [1.29, 1.82) is 0 Å². The standard InChI is InChI=1S/C31H52O5/c1-5-20-24-17-19(26-8-6-7-15-36-26)11-13-31(24,4)23-12-14-30(3)21(18(2)16-25(32)29(34)35)9-10-22(30)27(23)28(20)33/h18-28,32-33H,5-17H2,1-4H3,(H,34,35)/t18-,19-,20-,21-,22+,23+,24+,25?,26?,27+,28-,30-,31-/m1/s1. The summed E-state index contributed by atoms with van der Waals surface area (Å²) in [6.45, 7) is 10.4. The van der Waals surface area contributed by atoms with E-state index in [0.717, 1.165) is 25.9 Å². The van der Waals surface area contributed by atoms with Gasteiger partial charge in [0.2, 0.25) is 0 Å². The van der Waals surface area contributed by atoms with Crippen molar-refractivity contribution in [2.24, 2.45) is 58.2 Å². The smallest absolute Gasteiger partial charge is 0.332 e. The van der Waals surface area contributed by atoms with Crippen LogP contribution in [0.2, 0.25) is 0 Å². The number of carboxylic acid groups (broad SMARTS) is 1. The van der Waals surface area contributed by atoms with E-state index >= 15 is 0 Å². The number of hydrogen-bond donors (Lipinski definition) is 3. The van der Waals surface area contributed by atoms with Crippen molar-refractivity contribution in [2.45, 2.75) is 123 Å². The molecule has 1 aliphatic heterocycles. The lowest BCUT2D eigenvalue weighted by atomic mass is 9.41. The summed E-state index contributed by atoms with van der Waals surface area (Å²) in [6.07, 6.45) is 12.4. The molecule has 13 atom stereocenters. The number of aliphatic carboxylic acids is 1. The van der Waals surface area contributed by atoms with Crippen molar-refractivity contribution < 1.29 is 24.9 Å². The minimum atomic E-state index is -1.27. The highest BCUT2D eigenvalue weighted by Crippen LogP contribution is 2.70. The molecule has 1 heterocycles. The largest absolute Gasteiger partial charge is 0.479 e. The van der Waals surface area contributed by atoms with Gasteiger partial charge in [-0.15, -0.1) is 0 Å². The molecule has 0 radical (unpaired) electrons. The molecule has 0 aromatic heterocycles. The Morgan fingerprint density at radius 3 is 2.39 bits per heavy atom. The first-order valence-corrected chi connectivity index (χ1v) is 15.3. The highest BCUT2D eigenvalue weighted by Gasteiger charge is 2.65. The summed E-state index contributed by atoms with van der Waals surface area (Å²) in [5.74, 6) is 2.58. The molecule has 2 unspecified atom stereocenters. The fourth-order valence-corrected chi connectivity index (χ4v) is 11.1. The highest BCUT2D eigenvalue weighted by molar-refractivity contribution is 5.71. The molecule has 4 saturated carbocycles. The Morgan fingerprint density at radius 1 is 1.00 bits per heavy atom. The zero-order chi connectivity index (χ0) is 25.8. The van der Waals surface area contributed by atoms with Gasteiger partial charge in [-0.1, -0.05) is 34.1 Å². The maximum absolute atomic E-state index is 12.1. The van der Waals surface area contributed by atoms with Crippen LogP contribution in [0.5, 0.6) is 0 Å². The third kappa shape index (κ3) is 4.28. The van der Waals surface area contributed by atoms with Gasteiger partial charge < -0.3 is 20.1 Å². The van der Waals surface area contributed by atoms with Gasteiger partial charge >= 0.3 is 5.97 Å². The van der Waals surface area contributed by atoms with E-state index in [-0.39, 0.29) is 17.4 Å². The van der Waals surface area contributed by atoms with Gasteiger partial charge in [0.25, 0.3) is 0 Å². The molecule has 206 valence electrons. The topological polar surface area (TPSA) is 87.0 Å². The summed E-state index contributed by atoms with van der Waals surface area (Å²) in [6, 6.07) is 0. The van der Waals surface area contributed by atoms with Crippen LogP contribution in [-0.4, -0.2) is 46.2 Å². The molecular formula is C31H52O5. The fraction of sp³-hybridized carbons (Fsp3) is 0.968. The Balaban J connectivity index is 1.37. The normalized spacial score (nSPS) is 50.4. The van der Waals surface area contributed by atoms with Crippen LogP contribution in [0.15, 0.2) is 0 Å². The Labute approximate surface area is 218 Å². The van der Waals surface area contributed by atoms with E-state index in [9.17, 15) is 20.1 Å². The summed E-state index contributed by atoms with van der Waals surface area (Å²) in [4.78, 5) is 11.3. The lowest BCUT2D eigenvalue weighted by Gasteiger charge is -2.65. The first kappa shape index (κ1) is 26.9. The van der Waals surface area contributed by atoms with Crippen LogP contribution in [0.4, 0.5) is 0 Å². The van der Waals surface area contributed by atoms with E-state index < -0.39 is 12.1 Å². The number of ether oxygens (including phenoxy) is 1. The van der Waals surface area contributed by atoms with E-state index in [0.29, 0.717) is 59.4 Å². The Bertz CT molecular complexity index is 794. The Hall–Kier alpha value is -0.650. The van der Waals surface area contributed by atoms with Gasteiger partial charge in [-0.2, -0.15) is 0 Å². The van der Waals surface area contributed by atoms with Crippen LogP contribution < -0.4 is 0 Å². The number of aliphatic hydroxyl groups excluding tert-OH is 2. The second-order valence-electron chi connectivity index (χ2n) is 14.2. The van der Waals surface area contributed by atoms with E-state index in [1.54, 1.807) is 0 Å². The Morgan fingerprint density at radius 2 is 1.72 bits per heavy atom. The molecule has 5 aliphatic rings. The summed E-state index contributed by atoms with van der Waals surface area (Å²) in [5.41, 5.74) is 0.439. The Kier molecular flexibility index (Phi) is 7.60. The number of fused-ring (bicyclic) bond motifs is 5. The number of hydrogen-bond acceptors (Lipinski definition) is 4. The second kappa shape index (κ2) is 10.2. The van der Waals surface area contributed by atoms with Gasteiger partial charge in [0, 0.05) is 6.61 Å². The molecule has 5 heteroatoms. The van der Waals surface area contributed by atoms with Crippen molar-refractivity contribution in [3.63, 3.8) is 0 Å². The van der Waals surface area contributed by atoms with Crippen molar-refractivity contribution in [3.8, 4) is 0 Å².